The second-order valence-corrected chi connectivity index (χ2v) is 4.89. The van der Waals surface area contributed by atoms with Crippen molar-refractivity contribution in [3.05, 3.63) is 52.8 Å². The van der Waals surface area contributed by atoms with Gasteiger partial charge in [-0.05, 0) is 53.4 Å². The smallest absolute Gasteiger partial charge is 0.127 e. The molecule has 0 aromatic heterocycles. The zero-order valence-corrected chi connectivity index (χ0v) is 10.9. The lowest BCUT2D eigenvalue weighted by atomic mass is 9.97. The highest BCUT2D eigenvalue weighted by Crippen LogP contribution is 2.34. The number of benzene rings is 2. The second-order valence-electron chi connectivity index (χ2n) is 4.89. The van der Waals surface area contributed by atoms with Crippen LogP contribution in [0.25, 0.3) is 11.1 Å². The Hall–Kier alpha value is -1.87. The van der Waals surface area contributed by atoms with E-state index in [0.717, 1.165) is 28.9 Å². The van der Waals surface area contributed by atoms with Crippen LogP contribution in [0.3, 0.4) is 0 Å². The number of rotatable bonds is 2. The summed E-state index contributed by atoms with van der Waals surface area (Å²) in [4.78, 5) is 0. The van der Waals surface area contributed by atoms with Crippen LogP contribution < -0.4 is 10.5 Å². The third-order valence-electron chi connectivity index (χ3n) is 3.57. The Labute approximate surface area is 112 Å². The maximum atomic E-state index is 13.3. The van der Waals surface area contributed by atoms with Crippen LogP contribution in [-0.2, 0) is 13.0 Å². The monoisotopic (exact) mass is 257 g/mol. The van der Waals surface area contributed by atoms with Crippen molar-refractivity contribution in [3.63, 3.8) is 0 Å². The number of hydrogen-bond donors (Lipinski definition) is 1. The van der Waals surface area contributed by atoms with Gasteiger partial charge >= 0.3 is 0 Å². The lowest BCUT2D eigenvalue weighted by Gasteiger charge is -2.10. The standard InChI is InChI=1S/C16H16FNO/c1-10-6-11(2-3-15(10)17)13-7-12-4-5-19-16(12)14(8-13)9-18/h2-3,6-8H,4-5,9,18H2,1H3. The molecular formula is C16H16FNO. The molecule has 0 fully saturated rings. The van der Waals surface area contributed by atoms with E-state index in [-0.39, 0.29) is 5.82 Å². The van der Waals surface area contributed by atoms with E-state index in [1.807, 2.05) is 12.1 Å². The number of fused-ring (bicyclic) bond motifs is 1. The van der Waals surface area contributed by atoms with Crippen molar-refractivity contribution in [1.82, 2.24) is 0 Å². The molecule has 2 nitrogen and oxygen atoms in total. The zero-order chi connectivity index (χ0) is 13.4. The molecular weight excluding hydrogens is 241 g/mol. The van der Waals surface area contributed by atoms with E-state index in [2.05, 4.69) is 6.07 Å². The minimum absolute atomic E-state index is 0.174. The van der Waals surface area contributed by atoms with Crippen LogP contribution in [0.1, 0.15) is 16.7 Å². The topological polar surface area (TPSA) is 35.2 Å². The lowest BCUT2D eigenvalue weighted by Crippen LogP contribution is -2.00. The highest BCUT2D eigenvalue weighted by Gasteiger charge is 2.17. The fraction of sp³-hybridized carbons (Fsp3) is 0.250. The number of nitrogens with two attached hydrogens (primary N) is 1. The molecule has 0 bridgehead atoms. The van der Waals surface area contributed by atoms with Crippen LogP contribution in [0.2, 0.25) is 0 Å². The molecule has 0 amide bonds. The summed E-state index contributed by atoms with van der Waals surface area (Å²) >= 11 is 0. The molecule has 1 heterocycles. The van der Waals surface area contributed by atoms with E-state index in [1.165, 1.54) is 11.6 Å². The first-order valence-corrected chi connectivity index (χ1v) is 6.44. The molecule has 0 atom stereocenters. The highest BCUT2D eigenvalue weighted by atomic mass is 19.1. The minimum atomic E-state index is -0.174. The van der Waals surface area contributed by atoms with E-state index in [1.54, 1.807) is 13.0 Å². The molecule has 0 unspecified atom stereocenters. The summed E-state index contributed by atoms with van der Waals surface area (Å²) in [7, 11) is 0. The van der Waals surface area contributed by atoms with Crippen LogP contribution >= 0.6 is 0 Å². The van der Waals surface area contributed by atoms with Gasteiger partial charge in [0.1, 0.15) is 11.6 Å². The van der Waals surface area contributed by atoms with Crippen molar-refractivity contribution >= 4 is 0 Å². The normalized spacial score (nSPS) is 13.2. The van der Waals surface area contributed by atoms with Crippen molar-refractivity contribution in [2.75, 3.05) is 6.61 Å². The van der Waals surface area contributed by atoms with Gasteiger partial charge in [-0.15, -0.1) is 0 Å². The van der Waals surface area contributed by atoms with Crippen LogP contribution in [0.15, 0.2) is 30.3 Å². The number of hydrogen-bond acceptors (Lipinski definition) is 2. The molecule has 0 aliphatic carbocycles. The van der Waals surface area contributed by atoms with Crippen molar-refractivity contribution in [2.24, 2.45) is 5.73 Å². The summed E-state index contributed by atoms with van der Waals surface area (Å²) in [5.74, 6) is 0.761. The molecule has 1 aliphatic heterocycles. The van der Waals surface area contributed by atoms with E-state index in [4.69, 9.17) is 10.5 Å². The Morgan fingerprint density at radius 2 is 2.05 bits per heavy atom. The molecule has 2 aromatic carbocycles. The quantitative estimate of drug-likeness (QED) is 0.896. The molecule has 98 valence electrons. The Morgan fingerprint density at radius 3 is 2.79 bits per heavy atom. The van der Waals surface area contributed by atoms with Crippen LogP contribution in [0.5, 0.6) is 5.75 Å². The van der Waals surface area contributed by atoms with Gasteiger partial charge in [0.15, 0.2) is 0 Å². The van der Waals surface area contributed by atoms with Gasteiger partial charge in [-0.25, -0.2) is 4.39 Å². The molecule has 0 radical (unpaired) electrons. The number of halogens is 1. The third-order valence-corrected chi connectivity index (χ3v) is 3.57. The van der Waals surface area contributed by atoms with E-state index < -0.39 is 0 Å². The lowest BCUT2D eigenvalue weighted by molar-refractivity contribution is 0.353. The van der Waals surface area contributed by atoms with Gasteiger partial charge in [-0.2, -0.15) is 0 Å². The van der Waals surface area contributed by atoms with Gasteiger partial charge in [0, 0.05) is 18.5 Å². The van der Waals surface area contributed by atoms with E-state index in [9.17, 15) is 4.39 Å². The summed E-state index contributed by atoms with van der Waals surface area (Å²) in [6.45, 7) is 2.95. The first kappa shape index (κ1) is 12.2. The molecule has 3 rings (SSSR count). The zero-order valence-electron chi connectivity index (χ0n) is 10.9. The summed E-state index contributed by atoms with van der Waals surface area (Å²) in [5, 5.41) is 0. The Bertz CT molecular complexity index is 637. The Balaban J connectivity index is 2.12. The Kier molecular flexibility index (Phi) is 2.99. The average Bonchev–Trinajstić information content (AvgIpc) is 2.89. The SMILES string of the molecule is Cc1cc(-c2cc(CN)c3c(c2)CCO3)ccc1F. The first-order valence-electron chi connectivity index (χ1n) is 6.44. The molecule has 0 saturated carbocycles. The molecule has 3 heteroatoms. The maximum Gasteiger partial charge on any atom is 0.127 e. The van der Waals surface area contributed by atoms with Crippen LogP contribution in [0, 0.1) is 12.7 Å². The van der Waals surface area contributed by atoms with Crippen molar-refractivity contribution in [3.8, 4) is 16.9 Å². The van der Waals surface area contributed by atoms with Crippen molar-refractivity contribution in [1.29, 1.82) is 0 Å². The largest absolute Gasteiger partial charge is 0.493 e. The third kappa shape index (κ3) is 2.10. The molecule has 0 spiro atoms. The van der Waals surface area contributed by atoms with Crippen molar-refractivity contribution in [2.45, 2.75) is 19.9 Å². The van der Waals surface area contributed by atoms with Gasteiger partial charge in [-0.3, -0.25) is 0 Å². The summed E-state index contributed by atoms with van der Waals surface area (Å²) in [5.41, 5.74) is 10.7. The van der Waals surface area contributed by atoms with E-state index >= 15 is 0 Å². The fourth-order valence-corrected chi connectivity index (χ4v) is 2.53. The van der Waals surface area contributed by atoms with E-state index in [0.29, 0.717) is 18.7 Å². The summed E-state index contributed by atoms with van der Waals surface area (Å²) < 4.78 is 19.0. The predicted octanol–water partition coefficient (Wildman–Crippen LogP) is 3.19. The minimum Gasteiger partial charge on any atom is -0.493 e. The summed E-state index contributed by atoms with van der Waals surface area (Å²) in [6.07, 6.45) is 0.913. The van der Waals surface area contributed by atoms with Gasteiger partial charge in [-0.1, -0.05) is 6.07 Å². The second kappa shape index (κ2) is 4.67. The van der Waals surface area contributed by atoms with Gasteiger partial charge in [0.25, 0.3) is 0 Å². The van der Waals surface area contributed by atoms with Crippen LogP contribution in [0.4, 0.5) is 4.39 Å². The van der Waals surface area contributed by atoms with Gasteiger partial charge in [0.05, 0.1) is 6.61 Å². The van der Waals surface area contributed by atoms with Crippen molar-refractivity contribution < 1.29 is 9.13 Å². The Morgan fingerprint density at radius 1 is 1.21 bits per heavy atom. The first-order chi connectivity index (χ1) is 9.19. The fourth-order valence-electron chi connectivity index (χ4n) is 2.53. The summed E-state index contributed by atoms with van der Waals surface area (Å²) in [6, 6.07) is 9.34. The molecule has 19 heavy (non-hydrogen) atoms. The highest BCUT2D eigenvalue weighted by molar-refractivity contribution is 5.68. The predicted molar refractivity (Wildman–Crippen MR) is 73.7 cm³/mol. The van der Waals surface area contributed by atoms with Gasteiger partial charge in [0.2, 0.25) is 0 Å². The van der Waals surface area contributed by atoms with Gasteiger partial charge < -0.3 is 10.5 Å². The molecule has 2 N–H and O–H groups in total. The maximum absolute atomic E-state index is 13.3. The molecule has 1 aliphatic rings. The average molecular weight is 257 g/mol. The molecule has 2 aromatic rings. The number of aryl methyl sites for hydroxylation is 1. The number of ether oxygens (including phenoxy) is 1. The van der Waals surface area contributed by atoms with Crippen LogP contribution in [-0.4, -0.2) is 6.61 Å². The molecule has 0 saturated heterocycles.